The zero-order valence-corrected chi connectivity index (χ0v) is 20.2. The fraction of sp³-hybridized carbons (Fsp3) is 1.00. The summed E-state index contributed by atoms with van der Waals surface area (Å²) in [5, 5.41) is 0. The first kappa shape index (κ1) is 26.6. The van der Waals surface area contributed by atoms with Crippen LogP contribution < -0.4 is 0 Å². The van der Waals surface area contributed by atoms with E-state index in [2.05, 4.69) is 25.7 Å². The molecular weight excluding hydrogens is 372 g/mol. The molecule has 158 valence electrons. The fourth-order valence-electron chi connectivity index (χ4n) is 2.46. The predicted octanol–water partition coefficient (Wildman–Crippen LogP) is 3.74. The van der Waals surface area contributed by atoms with E-state index in [4.69, 9.17) is 23.7 Å². The van der Waals surface area contributed by atoms with E-state index in [1.54, 1.807) is 28.4 Å². The summed E-state index contributed by atoms with van der Waals surface area (Å²) in [6.45, 7) is 12.2. The summed E-state index contributed by atoms with van der Waals surface area (Å²) in [4.78, 5) is 2.43. The van der Waals surface area contributed by atoms with Gasteiger partial charge in [0.25, 0.3) is 0 Å². The highest BCUT2D eigenvalue weighted by atomic mass is 31.1. The van der Waals surface area contributed by atoms with E-state index in [-0.39, 0.29) is 12.3 Å². The lowest BCUT2D eigenvalue weighted by Crippen LogP contribution is -2.42. The van der Waals surface area contributed by atoms with Crippen molar-refractivity contribution in [3.8, 4) is 0 Å². The van der Waals surface area contributed by atoms with Crippen molar-refractivity contribution in [2.75, 3.05) is 53.9 Å². The van der Waals surface area contributed by atoms with Crippen LogP contribution in [0.3, 0.4) is 0 Å². The lowest BCUT2D eigenvalue weighted by atomic mass is 10.3. The maximum Gasteiger partial charge on any atom is 0.180 e. The number of hydrogen-bond acceptors (Lipinski definition) is 6. The van der Waals surface area contributed by atoms with E-state index in [0.29, 0.717) is 17.2 Å². The second kappa shape index (κ2) is 13.7. The van der Waals surface area contributed by atoms with Crippen molar-refractivity contribution in [3.63, 3.8) is 0 Å². The molecule has 3 atom stereocenters. The highest BCUT2D eigenvalue weighted by Crippen LogP contribution is 2.34. The van der Waals surface area contributed by atoms with Crippen LogP contribution in [0, 0.1) is 0 Å². The van der Waals surface area contributed by atoms with Crippen LogP contribution in [-0.4, -0.2) is 82.1 Å². The summed E-state index contributed by atoms with van der Waals surface area (Å²) in [6.07, 6.45) is 3.30. The number of hydrogen-bond donors (Lipinski definition) is 0. The molecule has 0 aliphatic heterocycles. The lowest BCUT2D eigenvalue weighted by molar-refractivity contribution is -0.123. The Labute approximate surface area is 164 Å². The van der Waals surface area contributed by atoms with Gasteiger partial charge in [0, 0.05) is 41.5 Å². The molecule has 0 aromatic carbocycles. The number of ether oxygens (including phenoxy) is 5. The molecule has 0 saturated heterocycles. The molecule has 0 aromatic heterocycles. The average molecular weight is 413 g/mol. The second-order valence-electron chi connectivity index (χ2n) is 6.65. The molecule has 0 saturated carbocycles. The summed E-state index contributed by atoms with van der Waals surface area (Å²) >= 11 is 0. The highest BCUT2D eigenvalue weighted by molar-refractivity contribution is 7.39. The molecule has 0 rings (SSSR count). The third-order valence-electron chi connectivity index (χ3n) is 4.43. The van der Waals surface area contributed by atoms with Gasteiger partial charge in [-0.1, -0.05) is 24.1 Å². The topological polar surface area (TPSA) is 49.4 Å². The molecular formula is C18H41NO5P2. The molecule has 0 aliphatic carbocycles. The summed E-state index contributed by atoms with van der Waals surface area (Å²) < 4.78 is 28.1. The molecule has 0 amide bonds. The molecule has 0 aromatic rings. The van der Waals surface area contributed by atoms with Crippen LogP contribution in [0.1, 0.15) is 41.0 Å². The average Bonchev–Trinajstić information content (AvgIpc) is 2.64. The summed E-state index contributed by atoms with van der Waals surface area (Å²) in [5.41, 5.74) is -1.00. The standard InChI is InChI=1S/C18H41NO5P2/c1-10-16(24-15(2)3)19(11-13-25-17(4,20-6)21-7)12-14-26-18(5,22-8)23-9/h15-16,25-26H,10-14H2,1-9H3. The van der Waals surface area contributed by atoms with Crippen LogP contribution in [-0.2, 0) is 23.7 Å². The Balaban J connectivity index is 4.78. The Kier molecular flexibility index (Phi) is 14.1. The van der Waals surface area contributed by atoms with Crippen LogP contribution >= 0.6 is 17.2 Å². The minimum atomic E-state index is -0.501. The van der Waals surface area contributed by atoms with Gasteiger partial charge in [0.15, 0.2) is 11.1 Å². The van der Waals surface area contributed by atoms with Crippen molar-refractivity contribution in [1.29, 1.82) is 0 Å². The van der Waals surface area contributed by atoms with Crippen LogP contribution in [0.5, 0.6) is 0 Å². The van der Waals surface area contributed by atoms with Crippen LogP contribution in [0.2, 0.25) is 0 Å². The zero-order valence-electron chi connectivity index (χ0n) is 18.2. The second-order valence-corrected chi connectivity index (χ2v) is 10.2. The summed E-state index contributed by atoms with van der Waals surface area (Å²) in [7, 11) is 7.92. The molecule has 8 heteroatoms. The predicted molar refractivity (Wildman–Crippen MR) is 113 cm³/mol. The number of nitrogens with zero attached hydrogens (tertiary/aromatic N) is 1. The molecule has 0 spiro atoms. The van der Waals surface area contributed by atoms with E-state index in [1.165, 1.54) is 0 Å². The molecule has 0 bridgehead atoms. The summed E-state index contributed by atoms with van der Waals surface area (Å²) in [6, 6.07) is 0. The van der Waals surface area contributed by atoms with Crippen LogP contribution in [0.25, 0.3) is 0 Å². The van der Waals surface area contributed by atoms with Crippen molar-refractivity contribution in [1.82, 2.24) is 4.90 Å². The molecule has 0 N–H and O–H groups in total. The molecule has 26 heavy (non-hydrogen) atoms. The smallest absolute Gasteiger partial charge is 0.180 e. The van der Waals surface area contributed by atoms with Gasteiger partial charge in [-0.3, -0.25) is 4.90 Å². The summed E-state index contributed by atoms with van der Waals surface area (Å²) in [5.74, 6) is 0. The number of methoxy groups -OCH3 is 4. The number of rotatable bonds is 16. The Bertz CT molecular complexity index is 328. The molecule has 6 nitrogen and oxygen atoms in total. The zero-order chi connectivity index (χ0) is 20.2. The van der Waals surface area contributed by atoms with Crippen LogP contribution in [0.15, 0.2) is 0 Å². The quantitative estimate of drug-likeness (QED) is 0.284. The Morgan fingerprint density at radius 1 is 0.808 bits per heavy atom. The first-order valence-corrected chi connectivity index (χ1v) is 11.7. The van der Waals surface area contributed by atoms with Crippen molar-refractivity contribution in [2.45, 2.75) is 64.4 Å². The molecule has 0 radical (unpaired) electrons. The fourth-order valence-corrected chi connectivity index (χ4v) is 4.75. The van der Waals surface area contributed by atoms with Gasteiger partial charge >= 0.3 is 0 Å². The van der Waals surface area contributed by atoms with Crippen molar-refractivity contribution >= 4 is 17.2 Å². The van der Waals surface area contributed by atoms with E-state index >= 15 is 0 Å². The van der Waals surface area contributed by atoms with Crippen molar-refractivity contribution in [2.24, 2.45) is 0 Å². The van der Waals surface area contributed by atoms with E-state index in [0.717, 1.165) is 31.8 Å². The third-order valence-corrected chi connectivity index (χ3v) is 7.48. The SMILES string of the molecule is CCC(OC(C)C)N(CCPC(C)(OC)OC)CCPC(C)(OC)OC. The van der Waals surface area contributed by atoms with Gasteiger partial charge < -0.3 is 23.7 Å². The molecule has 0 heterocycles. The Morgan fingerprint density at radius 3 is 1.46 bits per heavy atom. The Hall–Kier alpha value is 0.620. The van der Waals surface area contributed by atoms with Gasteiger partial charge in [-0.15, -0.1) is 0 Å². The lowest BCUT2D eigenvalue weighted by Gasteiger charge is -2.34. The van der Waals surface area contributed by atoms with E-state index in [1.807, 2.05) is 13.8 Å². The van der Waals surface area contributed by atoms with Gasteiger partial charge in [-0.2, -0.15) is 0 Å². The molecule has 3 unspecified atom stereocenters. The highest BCUT2D eigenvalue weighted by Gasteiger charge is 2.26. The largest absolute Gasteiger partial charge is 0.361 e. The molecule has 0 fully saturated rings. The monoisotopic (exact) mass is 413 g/mol. The maximum absolute atomic E-state index is 6.14. The molecule has 0 aliphatic rings. The van der Waals surface area contributed by atoms with Crippen LogP contribution in [0.4, 0.5) is 0 Å². The first-order chi connectivity index (χ1) is 12.2. The normalized spacial score (nSPS) is 15.3. The van der Waals surface area contributed by atoms with Gasteiger partial charge in [-0.05, 0) is 46.4 Å². The van der Waals surface area contributed by atoms with Gasteiger partial charge in [0.05, 0.1) is 6.10 Å². The van der Waals surface area contributed by atoms with Gasteiger partial charge in [0.1, 0.15) is 6.23 Å². The van der Waals surface area contributed by atoms with Gasteiger partial charge in [-0.25, -0.2) is 0 Å². The first-order valence-electron chi connectivity index (χ1n) is 9.29. The van der Waals surface area contributed by atoms with E-state index < -0.39 is 11.1 Å². The minimum Gasteiger partial charge on any atom is -0.361 e. The van der Waals surface area contributed by atoms with Crippen molar-refractivity contribution in [3.05, 3.63) is 0 Å². The Morgan fingerprint density at radius 2 is 1.19 bits per heavy atom. The third kappa shape index (κ3) is 10.2. The maximum atomic E-state index is 6.14. The van der Waals surface area contributed by atoms with Crippen molar-refractivity contribution < 1.29 is 23.7 Å². The minimum absolute atomic E-state index is 0.122. The van der Waals surface area contributed by atoms with Gasteiger partial charge in [0.2, 0.25) is 0 Å². The van der Waals surface area contributed by atoms with E-state index in [9.17, 15) is 0 Å².